The Kier molecular flexibility index (Phi) is 7.47. The molecule has 1 fully saturated rings. The number of para-hydroxylation sites is 2. The van der Waals surface area contributed by atoms with Gasteiger partial charge in [-0.1, -0.05) is 36.4 Å². The Hall–Kier alpha value is -4.11. The average molecular weight is 493 g/mol. The lowest BCUT2D eigenvalue weighted by atomic mass is 10.2. The van der Waals surface area contributed by atoms with Crippen LogP contribution < -0.4 is 14.8 Å². The first kappa shape index (κ1) is 24.0. The van der Waals surface area contributed by atoms with E-state index in [1.807, 2.05) is 0 Å². The molecule has 0 unspecified atom stereocenters. The average Bonchev–Trinajstić information content (AvgIpc) is 3.12. The van der Waals surface area contributed by atoms with Gasteiger partial charge < -0.3 is 14.8 Å². The van der Waals surface area contributed by atoms with E-state index in [0.29, 0.717) is 33.2 Å². The van der Waals surface area contributed by atoms with Gasteiger partial charge in [0, 0.05) is 0 Å². The van der Waals surface area contributed by atoms with Crippen molar-refractivity contribution in [2.24, 2.45) is 0 Å². The second-order valence-corrected chi connectivity index (χ2v) is 8.49. The Bertz CT molecular complexity index is 1280. The first-order valence-electron chi connectivity index (χ1n) is 10.6. The molecule has 35 heavy (non-hydrogen) atoms. The number of anilines is 1. The number of nitrogens with zero attached hydrogens (tertiary/aromatic N) is 1. The van der Waals surface area contributed by atoms with Crippen LogP contribution in [0.4, 0.5) is 14.9 Å². The molecule has 3 aromatic carbocycles. The normalized spacial score (nSPS) is 14.3. The lowest BCUT2D eigenvalue weighted by Gasteiger charge is -2.12. The summed E-state index contributed by atoms with van der Waals surface area (Å²) in [5, 5.41) is 2.35. The number of hydrogen-bond acceptors (Lipinski definition) is 6. The van der Waals surface area contributed by atoms with Crippen LogP contribution in [0.1, 0.15) is 11.1 Å². The standard InChI is InChI=1S/C26H21FN2O5S/c1-33-22-5-3-2-4-21(22)28-24(30)16-34-20-12-8-17(9-13-20)14-23-25(31)29(26(32)35-23)15-18-6-10-19(27)11-7-18/h2-14H,15-16H2,1H3,(H,28,30)/b23-14-. The molecule has 1 aliphatic rings. The van der Waals surface area contributed by atoms with Crippen LogP contribution >= 0.6 is 11.8 Å². The highest BCUT2D eigenvalue weighted by Crippen LogP contribution is 2.33. The summed E-state index contributed by atoms with van der Waals surface area (Å²) in [5.74, 6) is -0.104. The van der Waals surface area contributed by atoms with E-state index < -0.39 is 5.91 Å². The zero-order valence-corrected chi connectivity index (χ0v) is 19.5. The summed E-state index contributed by atoms with van der Waals surface area (Å²) >= 11 is 0.851. The SMILES string of the molecule is COc1ccccc1NC(=O)COc1ccc(/C=C2\SC(=O)N(Cc3ccc(F)cc3)C2=O)cc1. The number of ether oxygens (including phenoxy) is 2. The van der Waals surface area contributed by atoms with Crippen molar-refractivity contribution >= 4 is 40.6 Å². The molecule has 0 atom stereocenters. The number of rotatable bonds is 8. The first-order chi connectivity index (χ1) is 16.9. The van der Waals surface area contributed by atoms with Gasteiger partial charge in [0.25, 0.3) is 17.1 Å². The zero-order valence-electron chi connectivity index (χ0n) is 18.7. The maximum atomic E-state index is 13.1. The Morgan fingerprint density at radius 3 is 2.46 bits per heavy atom. The first-order valence-corrected chi connectivity index (χ1v) is 11.4. The van der Waals surface area contributed by atoms with Crippen LogP contribution in [0.25, 0.3) is 6.08 Å². The predicted molar refractivity (Wildman–Crippen MR) is 131 cm³/mol. The molecule has 4 rings (SSSR count). The fraction of sp³-hybridized carbons (Fsp3) is 0.115. The van der Waals surface area contributed by atoms with Crippen molar-refractivity contribution in [3.8, 4) is 11.5 Å². The third-order valence-corrected chi connectivity index (χ3v) is 5.96. The van der Waals surface area contributed by atoms with Gasteiger partial charge in [0.05, 0.1) is 24.2 Å². The molecule has 0 spiro atoms. The molecule has 0 saturated carbocycles. The lowest BCUT2D eigenvalue weighted by Crippen LogP contribution is -2.27. The minimum Gasteiger partial charge on any atom is -0.495 e. The van der Waals surface area contributed by atoms with E-state index in [9.17, 15) is 18.8 Å². The summed E-state index contributed by atoms with van der Waals surface area (Å²) in [7, 11) is 1.52. The van der Waals surface area contributed by atoms with Crippen LogP contribution in [-0.2, 0) is 16.1 Å². The summed E-state index contributed by atoms with van der Waals surface area (Å²) in [6.45, 7) is -0.119. The van der Waals surface area contributed by atoms with Crippen LogP contribution in [0.15, 0.2) is 77.7 Å². The molecule has 0 aromatic heterocycles. The van der Waals surface area contributed by atoms with Crippen LogP contribution in [0, 0.1) is 5.82 Å². The van der Waals surface area contributed by atoms with Crippen LogP contribution in [-0.4, -0.2) is 35.7 Å². The summed E-state index contributed by atoms with van der Waals surface area (Å²) in [5.41, 5.74) is 1.90. The van der Waals surface area contributed by atoms with Crippen molar-refractivity contribution in [2.45, 2.75) is 6.54 Å². The molecule has 1 N–H and O–H groups in total. The molecule has 1 saturated heterocycles. The molecule has 0 bridgehead atoms. The zero-order chi connectivity index (χ0) is 24.8. The Morgan fingerprint density at radius 2 is 1.74 bits per heavy atom. The molecule has 7 nitrogen and oxygen atoms in total. The number of amides is 3. The van der Waals surface area contributed by atoms with E-state index in [2.05, 4.69) is 5.32 Å². The molecule has 3 amide bonds. The minimum atomic E-state index is -0.405. The smallest absolute Gasteiger partial charge is 0.293 e. The molecule has 3 aromatic rings. The van der Waals surface area contributed by atoms with Gasteiger partial charge in [0.2, 0.25) is 0 Å². The van der Waals surface area contributed by atoms with Gasteiger partial charge in [-0.15, -0.1) is 0 Å². The maximum Gasteiger partial charge on any atom is 0.293 e. The Balaban J connectivity index is 1.34. The number of carbonyl (C=O) groups excluding carboxylic acids is 3. The molecular weight excluding hydrogens is 471 g/mol. The molecule has 1 aliphatic heterocycles. The topological polar surface area (TPSA) is 84.9 Å². The van der Waals surface area contributed by atoms with Gasteiger partial charge in [-0.25, -0.2) is 4.39 Å². The molecule has 9 heteroatoms. The lowest BCUT2D eigenvalue weighted by molar-refractivity contribution is -0.123. The fourth-order valence-electron chi connectivity index (χ4n) is 3.30. The summed E-state index contributed by atoms with van der Waals surface area (Å²) < 4.78 is 23.8. The van der Waals surface area contributed by atoms with E-state index >= 15 is 0 Å². The van der Waals surface area contributed by atoms with Crippen molar-refractivity contribution in [2.75, 3.05) is 19.0 Å². The predicted octanol–water partition coefficient (Wildman–Crippen LogP) is 5.09. The quantitative estimate of drug-likeness (QED) is 0.441. The monoisotopic (exact) mass is 492 g/mol. The van der Waals surface area contributed by atoms with E-state index in [4.69, 9.17) is 9.47 Å². The largest absolute Gasteiger partial charge is 0.495 e. The Labute approximate surface area is 205 Å². The molecule has 0 radical (unpaired) electrons. The van der Waals surface area contributed by atoms with E-state index in [1.165, 1.54) is 31.4 Å². The van der Waals surface area contributed by atoms with Crippen LogP contribution in [0.2, 0.25) is 0 Å². The van der Waals surface area contributed by atoms with Gasteiger partial charge in [0.1, 0.15) is 17.3 Å². The number of imide groups is 1. The van der Waals surface area contributed by atoms with Crippen molar-refractivity contribution in [3.05, 3.63) is 94.6 Å². The number of hydrogen-bond donors (Lipinski definition) is 1. The number of nitrogens with one attached hydrogen (secondary N) is 1. The Morgan fingerprint density at radius 1 is 1.03 bits per heavy atom. The highest BCUT2D eigenvalue weighted by atomic mass is 32.2. The van der Waals surface area contributed by atoms with Crippen molar-refractivity contribution < 1.29 is 28.2 Å². The van der Waals surface area contributed by atoms with Crippen molar-refractivity contribution in [3.63, 3.8) is 0 Å². The van der Waals surface area contributed by atoms with Gasteiger partial charge in [-0.3, -0.25) is 19.3 Å². The highest BCUT2D eigenvalue weighted by Gasteiger charge is 2.34. The van der Waals surface area contributed by atoms with Crippen LogP contribution in [0.3, 0.4) is 0 Å². The molecule has 1 heterocycles. The van der Waals surface area contributed by atoms with Crippen molar-refractivity contribution in [1.29, 1.82) is 0 Å². The summed E-state index contributed by atoms with van der Waals surface area (Å²) in [4.78, 5) is 38.6. The number of carbonyl (C=O) groups is 3. The second-order valence-electron chi connectivity index (χ2n) is 7.50. The van der Waals surface area contributed by atoms with Gasteiger partial charge in [-0.2, -0.15) is 0 Å². The molecular formula is C26H21FN2O5S. The van der Waals surface area contributed by atoms with Crippen LogP contribution in [0.5, 0.6) is 11.5 Å². The van der Waals surface area contributed by atoms with Gasteiger partial charge in [0.15, 0.2) is 6.61 Å². The minimum absolute atomic E-state index is 0.0754. The van der Waals surface area contributed by atoms with Gasteiger partial charge >= 0.3 is 0 Å². The highest BCUT2D eigenvalue weighted by molar-refractivity contribution is 8.18. The van der Waals surface area contributed by atoms with Gasteiger partial charge in [-0.05, 0) is 65.4 Å². The number of benzene rings is 3. The fourth-order valence-corrected chi connectivity index (χ4v) is 4.14. The number of halogens is 1. The maximum absolute atomic E-state index is 13.1. The van der Waals surface area contributed by atoms with E-state index in [1.54, 1.807) is 54.6 Å². The summed E-state index contributed by atoms with van der Waals surface area (Å²) in [6.07, 6.45) is 1.62. The second kappa shape index (κ2) is 10.9. The summed E-state index contributed by atoms with van der Waals surface area (Å²) in [6, 6.07) is 19.5. The number of thioether (sulfide) groups is 1. The number of methoxy groups -OCH3 is 1. The van der Waals surface area contributed by atoms with E-state index in [0.717, 1.165) is 16.7 Å². The third-order valence-electron chi connectivity index (χ3n) is 5.06. The van der Waals surface area contributed by atoms with E-state index in [-0.39, 0.29) is 30.1 Å². The molecule has 0 aliphatic carbocycles. The molecule has 178 valence electrons. The third kappa shape index (κ3) is 6.07. The van der Waals surface area contributed by atoms with Crippen molar-refractivity contribution in [1.82, 2.24) is 4.90 Å².